The summed E-state index contributed by atoms with van der Waals surface area (Å²) < 4.78 is 27.5. The second-order valence-corrected chi connectivity index (χ2v) is 5.23. The van der Waals surface area contributed by atoms with Crippen molar-refractivity contribution in [3.63, 3.8) is 0 Å². The summed E-state index contributed by atoms with van der Waals surface area (Å²) in [7, 11) is 0. The van der Waals surface area contributed by atoms with E-state index in [-0.39, 0.29) is 12.0 Å². The van der Waals surface area contributed by atoms with E-state index in [4.69, 9.17) is 23.2 Å². The molecule has 1 nitrogen and oxygen atoms in total. The van der Waals surface area contributed by atoms with Crippen LogP contribution in [0.4, 0.5) is 8.78 Å². The number of hydrogen-bond acceptors (Lipinski definition) is 1. The van der Waals surface area contributed by atoms with E-state index in [2.05, 4.69) is 0 Å². The van der Waals surface area contributed by atoms with Gasteiger partial charge in [0.25, 0.3) is 0 Å². The van der Waals surface area contributed by atoms with Gasteiger partial charge in [-0.05, 0) is 36.2 Å². The van der Waals surface area contributed by atoms with Crippen LogP contribution in [0.25, 0.3) is 0 Å². The summed E-state index contributed by atoms with van der Waals surface area (Å²) in [6.45, 7) is 1.47. The summed E-state index contributed by atoms with van der Waals surface area (Å²) in [6, 6.07) is 6.98. The Morgan fingerprint density at radius 3 is 2.50 bits per heavy atom. The average Bonchev–Trinajstić information content (AvgIpc) is 2.38. The van der Waals surface area contributed by atoms with Crippen molar-refractivity contribution in [2.45, 2.75) is 13.3 Å². The fraction of sp³-hybridized carbons (Fsp3) is 0.133. The zero-order valence-electron chi connectivity index (χ0n) is 10.5. The lowest BCUT2D eigenvalue weighted by Crippen LogP contribution is -2.10. The first-order chi connectivity index (χ1) is 9.40. The first-order valence-corrected chi connectivity index (χ1v) is 6.57. The molecule has 2 aromatic carbocycles. The minimum absolute atomic E-state index is 0.187. The Morgan fingerprint density at radius 2 is 1.85 bits per heavy atom. The molecule has 0 fully saturated rings. The first-order valence-electron chi connectivity index (χ1n) is 5.82. The van der Waals surface area contributed by atoms with Crippen LogP contribution in [0.1, 0.15) is 21.5 Å². The molecule has 0 saturated heterocycles. The lowest BCUT2D eigenvalue weighted by Gasteiger charge is -2.08. The smallest absolute Gasteiger partial charge is 0.173 e. The molecule has 20 heavy (non-hydrogen) atoms. The maximum Gasteiger partial charge on any atom is 0.173 e. The highest BCUT2D eigenvalue weighted by Gasteiger charge is 2.20. The molecule has 0 unspecified atom stereocenters. The standard InChI is InChI=1S/C15H10Cl2F2O/c1-8-2-5-12(18)14(15(8)19)13(20)6-9-3-4-10(16)7-11(9)17/h2-5,7H,6H2,1H3. The van der Waals surface area contributed by atoms with Crippen molar-refractivity contribution in [1.82, 2.24) is 0 Å². The topological polar surface area (TPSA) is 17.1 Å². The summed E-state index contributed by atoms with van der Waals surface area (Å²) in [5.41, 5.74) is 0.161. The molecule has 0 amide bonds. The molecule has 0 aromatic heterocycles. The Labute approximate surface area is 125 Å². The zero-order valence-corrected chi connectivity index (χ0v) is 12.0. The Bertz CT molecular complexity index is 684. The SMILES string of the molecule is Cc1ccc(F)c(C(=O)Cc2ccc(Cl)cc2Cl)c1F. The largest absolute Gasteiger partial charge is 0.294 e. The van der Waals surface area contributed by atoms with Gasteiger partial charge in [0.1, 0.15) is 11.6 Å². The number of rotatable bonds is 3. The van der Waals surface area contributed by atoms with Crippen LogP contribution in [-0.4, -0.2) is 5.78 Å². The molecule has 0 aliphatic carbocycles. The lowest BCUT2D eigenvalue weighted by molar-refractivity contribution is 0.0984. The molecule has 2 rings (SSSR count). The van der Waals surface area contributed by atoms with Gasteiger partial charge in [0, 0.05) is 16.5 Å². The number of ketones is 1. The van der Waals surface area contributed by atoms with Crippen LogP contribution in [0.5, 0.6) is 0 Å². The average molecular weight is 315 g/mol. The third-order valence-electron chi connectivity index (χ3n) is 2.93. The molecular formula is C15H10Cl2F2O. The van der Waals surface area contributed by atoms with Crippen LogP contribution < -0.4 is 0 Å². The van der Waals surface area contributed by atoms with Gasteiger partial charge in [-0.15, -0.1) is 0 Å². The van der Waals surface area contributed by atoms with Crippen LogP contribution in [0.2, 0.25) is 10.0 Å². The van der Waals surface area contributed by atoms with Crippen molar-refractivity contribution < 1.29 is 13.6 Å². The van der Waals surface area contributed by atoms with E-state index in [9.17, 15) is 13.6 Å². The van der Waals surface area contributed by atoms with Crippen molar-refractivity contribution in [2.75, 3.05) is 0 Å². The highest BCUT2D eigenvalue weighted by atomic mass is 35.5. The van der Waals surface area contributed by atoms with Gasteiger partial charge < -0.3 is 0 Å². The molecule has 5 heteroatoms. The number of carbonyl (C=O) groups excluding carboxylic acids is 1. The summed E-state index contributed by atoms with van der Waals surface area (Å²) in [5.74, 6) is -2.36. The number of halogens is 4. The van der Waals surface area contributed by atoms with Crippen LogP contribution in [-0.2, 0) is 6.42 Å². The molecule has 0 saturated carbocycles. The van der Waals surface area contributed by atoms with Gasteiger partial charge in [-0.3, -0.25) is 4.79 Å². The van der Waals surface area contributed by atoms with Crippen molar-refractivity contribution in [3.8, 4) is 0 Å². The zero-order chi connectivity index (χ0) is 14.9. The van der Waals surface area contributed by atoms with Crippen molar-refractivity contribution in [1.29, 1.82) is 0 Å². The molecule has 2 aromatic rings. The van der Waals surface area contributed by atoms with Gasteiger partial charge in [-0.1, -0.05) is 35.3 Å². The van der Waals surface area contributed by atoms with Crippen LogP contribution in [0.15, 0.2) is 30.3 Å². The van der Waals surface area contributed by atoms with E-state index >= 15 is 0 Å². The first kappa shape index (κ1) is 14.9. The number of hydrogen-bond donors (Lipinski definition) is 0. The molecule has 0 heterocycles. The van der Waals surface area contributed by atoms with Gasteiger partial charge >= 0.3 is 0 Å². The molecule has 0 spiro atoms. The van der Waals surface area contributed by atoms with Crippen LogP contribution in [0, 0.1) is 18.6 Å². The number of Topliss-reactive ketones (excluding diaryl/α,β-unsaturated/α-hetero) is 1. The Kier molecular flexibility index (Phi) is 4.41. The summed E-state index contributed by atoms with van der Waals surface area (Å²) in [4.78, 5) is 12.1. The predicted molar refractivity (Wildman–Crippen MR) is 75.6 cm³/mol. The Morgan fingerprint density at radius 1 is 1.15 bits per heavy atom. The van der Waals surface area contributed by atoms with E-state index in [0.29, 0.717) is 15.6 Å². The van der Waals surface area contributed by atoms with Gasteiger partial charge in [0.2, 0.25) is 0 Å². The fourth-order valence-corrected chi connectivity index (χ4v) is 2.31. The monoisotopic (exact) mass is 314 g/mol. The third kappa shape index (κ3) is 3.00. The van der Waals surface area contributed by atoms with Gasteiger partial charge in [0.05, 0.1) is 5.56 Å². The Balaban J connectivity index is 2.36. The fourth-order valence-electron chi connectivity index (χ4n) is 1.84. The van der Waals surface area contributed by atoms with Gasteiger partial charge in [0.15, 0.2) is 5.78 Å². The van der Waals surface area contributed by atoms with Crippen LogP contribution in [0.3, 0.4) is 0 Å². The minimum Gasteiger partial charge on any atom is -0.294 e. The van der Waals surface area contributed by atoms with E-state index < -0.39 is 23.0 Å². The van der Waals surface area contributed by atoms with Gasteiger partial charge in [-0.2, -0.15) is 0 Å². The second kappa shape index (κ2) is 5.90. The third-order valence-corrected chi connectivity index (χ3v) is 3.52. The minimum atomic E-state index is -0.872. The maximum atomic E-state index is 13.9. The van der Waals surface area contributed by atoms with E-state index in [0.717, 1.165) is 6.07 Å². The molecule has 104 valence electrons. The van der Waals surface area contributed by atoms with Crippen molar-refractivity contribution in [3.05, 3.63) is 68.7 Å². The second-order valence-electron chi connectivity index (χ2n) is 4.39. The maximum absolute atomic E-state index is 13.9. The quantitative estimate of drug-likeness (QED) is 0.728. The molecule has 0 N–H and O–H groups in total. The molecular weight excluding hydrogens is 305 g/mol. The predicted octanol–water partition coefficient (Wildman–Crippen LogP) is 5.01. The van der Waals surface area contributed by atoms with Crippen molar-refractivity contribution >= 4 is 29.0 Å². The lowest BCUT2D eigenvalue weighted by atomic mass is 10.00. The molecule has 0 radical (unpaired) electrons. The van der Waals surface area contributed by atoms with Crippen LogP contribution >= 0.6 is 23.2 Å². The number of benzene rings is 2. The normalized spacial score (nSPS) is 10.7. The summed E-state index contributed by atoms with van der Waals surface area (Å²) >= 11 is 11.7. The molecule has 0 aliphatic heterocycles. The summed E-state index contributed by atoms with van der Waals surface area (Å²) in [6.07, 6.45) is -0.187. The van der Waals surface area contributed by atoms with E-state index in [1.54, 1.807) is 12.1 Å². The molecule has 0 aliphatic rings. The highest BCUT2D eigenvalue weighted by molar-refractivity contribution is 6.35. The highest BCUT2D eigenvalue weighted by Crippen LogP contribution is 2.24. The van der Waals surface area contributed by atoms with E-state index in [1.165, 1.54) is 19.1 Å². The number of aryl methyl sites for hydroxylation is 1. The Hall–Kier alpha value is -1.45. The summed E-state index contributed by atoms with van der Waals surface area (Å²) in [5, 5.41) is 0.721. The number of carbonyl (C=O) groups is 1. The molecule has 0 atom stereocenters. The van der Waals surface area contributed by atoms with Crippen molar-refractivity contribution in [2.24, 2.45) is 0 Å². The van der Waals surface area contributed by atoms with E-state index in [1.807, 2.05) is 0 Å². The molecule has 0 bridgehead atoms. The van der Waals surface area contributed by atoms with Gasteiger partial charge in [-0.25, -0.2) is 8.78 Å².